The molecule has 0 aliphatic rings. The van der Waals surface area contributed by atoms with Gasteiger partial charge in [0.1, 0.15) is 6.04 Å². The summed E-state index contributed by atoms with van der Waals surface area (Å²) < 4.78 is 5.79. The second-order valence-corrected chi connectivity index (χ2v) is 4.47. The molecule has 86 valence electrons. The summed E-state index contributed by atoms with van der Waals surface area (Å²) >= 11 is 9.30. The Morgan fingerprint density at radius 2 is 2.38 bits per heavy atom. The number of nitrogens with one attached hydrogen (secondary N) is 1. The van der Waals surface area contributed by atoms with Gasteiger partial charge in [0.15, 0.2) is 0 Å². The third-order valence-electron chi connectivity index (χ3n) is 2.05. The van der Waals surface area contributed by atoms with Gasteiger partial charge in [-0.3, -0.25) is 5.32 Å². The standard InChI is InChI=1S/C11H12BrClN2O/c1-16-5-4-15-11(7-14)9-6-8(13)2-3-10(9)12/h2-3,6,11,15H,4-5H2,1H3. The first-order valence-electron chi connectivity index (χ1n) is 4.76. The lowest BCUT2D eigenvalue weighted by Gasteiger charge is -2.13. The molecule has 0 spiro atoms. The van der Waals surface area contributed by atoms with Crippen molar-refractivity contribution in [2.24, 2.45) is 0 Å². The Labute approximate surface area is 108 Å². The van der Waals surface area contributed by atoms with Gasteiger partial charge in [-0.25, -0.2) is 0 Å². The molecule has 0 aliphatic heterocycles. The van der Waals surface area contributed by atoms with Crippen LogP contribution in [0, 0.1) is 11.3 Å². The number of benzene rings is 1. The Balaban J connectivity index is 2.79. The number of nitriles is 1. The highest BCUT2D eigenvalue weighted by Crippen LogP contribution is 2.26. The van der Waals surface area contributed by atoms with Gasteiger partial charge in [0.2, 0.25) is 0 Å². The van der Waals surface area contributed by atoms with E-state index in [2.05, 4.69) is 27.3 Å². The molecule has 1 aromatic carbocycles. The van der Waals surface area contributed by atoms with Crippen molar-refractivity contribution in [1.82, 2.24) is 5.32 Å². The molecule has 0 heterocycles. The second-order valence-electron chi connectivity index (χ2n) is 3.17. The normalized spacial score (nSPS) is 12.1. The maximum absolute atomic E-state index is 9.08. The Morgan fingerprint density at radius 3 is 3.00 bits per heavy atom. The van der Waals surface area contributed by atoms with Crippen molar-refractivity contribution < 1.29 is 4.74 Å². The van der Waals surface area contributed by atoms with Crippen LogP contribution in [0.15, 0.2) is 22.7 Å². The van der Waals surface area contributed by atoms with Gasteiger partial charge in [-0.2, -0.15) is 5.26 Å². The molecular weight excluding hydrogens is 291 g/mol. The smallest absolute Gasteiger partial charge is 0.122 e. The number of halogens is 2. The molecule has 5 heteroatoms. The van der Waals surface area contributed by atoms with Crippen LogP contribution < -0.4 is 5.32 Å². The SMILES string of the molecule is COCCNC(C#N)c1cc(Cl)ccc1Br. The molecule has 1 unspecified atom stereocenters. The van der Waals surface area contributed by atoms with Gasteiger partial charge in [0.05, 0.1) is 12.7 Å². The van der Waals surface area contributed by atoms with E-state index in [9.17, 15) is 0 Å². The van der Waals surface area contributed by atoms with Gasteiger partial charge in [-0.05, 0) is 23.8 Å². The number of hydrogen-bond acceptors (Lipinski definition) is 3. The summed E-state index contributed by atoms with van der Waals surface area (Å²) in [7, 11) is 1.62. The molecule has 0 amide bonds. The summed E-state index contributed by atoms with van der Waals surface area (Å²) in [6.07, 6.45) is 0. The lowest BCUT2D eigenvalue weighted by atomic mass is 10.1. The molecule has 0 radical (unpaired) electrons. The summed E-state index contributed by atoms with van der Waals surface area (Å²) in [5, 5.41) is 12.8. The van der Waals surface area contributed by atoms with Crippen LogP contribution in [-0.2, 0) is 4.74 Å². The molecule has 16 heavy (non-hydrogen) atoms. The van der Waals surface area contributed by atoms with Crippen molar-refractivity contribution in [3.63, 3.8) is 0 Å². The fourth-order valence-electron chi connectivity index (χ4n) is 1.27. The van der Waals surface area contributed by atoms with E-state index in [1.165, 1.54) is 0 Å². The van der Waals surface area contributed by atoms with E-state index in [4.69, 9.17) is 21.6 Å². The molecule has 0 fully saturated rings. The maximum Gasteiger partial charge on any atom is 0.122 e. The summed E-state index contributed by atoms with van der Waals surface area (Å²) in [5.74, 6) is 0. The van der Waals surface area contributed by atoms with Crippen molar-refractivity contribution in [1.29, 1.82) is 5.26 Å². The molecule has 0 aliphatic carbocycles. The van der Waals surface area contributed by atoms with Gasteiger partial charge >= 0.3 is 0 Å². The average molecular weight is 304 g/mol. The van der Waals surface area contributed by atoms with Crippen LogP contribution in [0.3, 0.4) is 0 Å². The Hall–Kier alpha value is -0.600. The summed E-state index contributed by atoms with van der Waals surface area (Å²) in [4.78, 5) is 0. The van der Waals surface area contributed by atoms with E-state index >= 15 is 0 Å². The molecule has 0 bridgehead atoms. The van der Waals surface area contributed by atoms with Gasteiger partial charge in [-0.15, -0.1) is 0 Å². The number of hydrogen-bond donors (Lipinski definition) is 1. The Kier molecular flexibility index (Phi) is 5.78. The van der Waals surface area contributed by atoms with Crippen molar-refractivity contribution in [2.75, 3.05) is 20.3 Å². The average Bonchev–Trinajstić information content (AvgIpc) is 2.28. The van der Waals surface area contributed by atoms with E-state index in [1.807, 2.05) is 6.07 Å². The maximum atomic E-state index is 9.08. The fraction of sp³-hybridized carbons (Fsp3) is 0.364. The van der Waals surface area contributed by atoms with Gasteiger partial charge in [-0.1, -0.05) is 27.5 Å². The quantitative estimate of drug-likeness (QED) is 0.851. The highest BCUT2D eigenvalue weighted by Gasteiger charge is 2.13. The molecule has 1 atom stereocenters. The minimum Gasteiger partial charge on any atom is -0.383 e. The zero-order valence-corrected chi connectivity index (χ0v) is 11.2. The number of nitrogens with zero attached hydrogens (tertiary/aromatic N) is 1. The van der Waals surface area contributed by atoms with E-state index in [1.54, 1.807) is 19.2 Å². The lowest BCUT2D eigenvalue weighted by molar-refractivity contribution is 0.198. The third kappa shape index (κ3) is 3.76. The predicted molar refractivity (Wildman–Crippen MR) is 67.4 cm³/mol. The number of ether oxygens (including phenoxy) is 1. The number of rotatable bonds is 5. The highest BCUT2D eigenvalue weighted by atomic mass is 79.9. The van der Waals surface area contributed by atoms with Crippen LogP contribution >= 0.6 is 27.5 Å². The van der Waals surface area contributed by atoms with E-state index < -0.39 is 0 Å². The highest BCUT2D eigenvalue weighted by molar-refractivity contribution is 9.10. The van der Waals surface area contributed by atoms with E-state index in [0.29, 0.717) is 18.2 Å². The van der Waals surface area contributed by atoms with Crippen LogP contribution in [-0.4, -0.2) is 20.3 Å². The zero-order chi connectivity index (χ0) is 12.0. The minimum absolute atomic E-state index is 0.386. The molecule has 1 N–H and O–H groups in total. The van der Waals surface area contributed by atoms with Crippen molar-refractivity contribution >= 4 is 27.5 Å². The Bertz CT molecular complexity index is 392. The topological polar surface area (TPSA) is 45.0 Å². The van der Waals surface area contributed by atoms with Crippen LogP contribution in [0.2, 0.25) is 5.02 Å². The molecule has 0 saturated carbocycles. The molecule has 0 aromatic heterocycles. The van der Waals surface area contributed by atoms with Crippen LogP contribution in [0.25, 0.3) is 0 Å². The first-order chi connectivity index (χ1) is 7.69. The minimum atomic E-state index is -0.386. The third-order valence-corrected chi connectivity index (χ3v) is 3.01. The summed E-state index contributed by atoms with van der Waals surface area (Å²) in [6.45, 7) is 1.18. The van der Waals surface area contributed by atoms with Crippen LogP contribution in [0.4, 0.5) is 0 Å². The van der Waals surface area contributed by atoms with Gasteiger partial charge in [0, 0.05) is 23.1 Å². The Morgan fingerprint density at radius 1 is 1.62 bits per heavy atom. The molecule has 1 aromatic rings. The van der Waals surface area contributed by atoms with Crippen LogP contribution in [0.1, 0.15) is 11.6 Å². The second kappa shape index (κ2) is 6.87. The zero-order valence-electron chi connectivity index (χ0n) is 8.84. The van der Waals surface area contributed by atoms with Crippen molar-refractivity contribution in [3.8, 4) is 6.07 Å². The van der Waals surface area contributed by atoms with Crippen LogP contribution in [0.5, 0.6) is 0 Å². The summed E-state index contributed by atoms with van der Waals surface area (Å²) in [6, 6.07) is 7.19. The largest absolute Gasteiger partial charge is 0.383 e. The fourth-order valence-corrected chi connectivity index (χ4v) is 1.92. The first kappa shape index (κ1) is 13.5. The molecular formula is C11H12BrClN2O. The molecule has 0 saturated heterocycles. The van der Waals surface area contributed by atoms with E-state index in [-0.39, 0.29) is 6.04 Å². The number of methoxy groups -OCH3 is 1. The van der Waals surface area contributed by atoms with Gasteiger partial charge < -0.3 is 4.74 Å². The molecule has 1 rings (SSSR count). The van der Waals surface area contributed by atoms with Gasteiger partial charge in [0.25, 0.3) is 0 Å². The van der Waals surface area contributed by atoms with E-state index in [0.717, 1.165) is 10.0 Å². The first-order valence-corrected chi connectivity index (χ1v) is 5.93. The predicted octanol–water partition coefficient (Wildman–Crippen LogP) is 2.90. The monoisotopic (exact) mass is 302 g/mol. The van der Waals surface area contributed by atoms with Crippen molar-refractivity contribution in [3.05, 3.63) is 33.3 Å². The summed E-state index contributed by atoms with van der Waals surface area (Å²) in [5.41, 5.74) is 0.839. The lowest BCUT2D eigenvalue weighted by Crippen LogP contribution is -2.24. The van der Waals surface area contributed by atoms with Crippen molar-refractivity contribution in [2.45, 2.75) is 6.04 Å². The molecule has 3 nitrogen and oxygen atoms in total.